The maximum absolute atomic E-state index is 5.87. The lowest BCUT2D eigenvalue weighted by atomic mass is 9.96. The van der Waals surface area contributed by atoms with Crippen LogP contribution in [0.1, 0.15) is 37.8 Å². The Hall–Kier alpha value is -0.940. The van der Waals surface area contributed by atoms with Crippen molar-refractivity contribution < 1.29 is 0 Å². The molecule has 2 unspecified atom stereocenters. The van der Waals surface area contributed by atoms with E-state index in [1.807, 2.05) is 14.0 Å². The highest BCUT2D eigenvalue weighted by atomic mass is 15.3. The average Bonchev–Trinajstić information content (AvgIpc) is 2.63. The van der Waals surface area contributed by atoms with Crippen molar-refractivity contribution in [3.63, 3.8) is 0 Å². The van der Waals surface area contributed by atoms with Crippen LogP contribution in [0.25, 0.3) is 0 Å². The summed E-state index contributed by atoms with van der Waals surface area (Å²) in [6.07, 6.45) is 3.75. The molecule has 0 aromatic carbocycles. The summed E-state index contributed by atoms with van der Waals surface area (Å²) in [4.78, 5) is 2.48. The van der Waals surface area contributed by atoms with Crippen LogP contribution in [-0.2, 0) is 13.6 Å². The van der Waals surface area contributed by atoms with Crippen LogP contribution in [0.15, 0.2) is 0 Å². The molecule has 96 valence electrons. The van der Waals surface area contributed by atoms with E-state index in [0.717, 1.165) is 24.7 Å². The first-order valence-corrected chi connectivity index (χ1v) is 6.44. The molecule has 2 N–H and O–H groups in total. The number of nitrogens with zero attached hydrogens (tertiary/aromatic N) is 4. The molecule has 0 spiro atoms. The lowest BCUT2D eigenvalue weighted by molar-refractivity contribution is 0.0852. The second kappa shape index (κ2) is 5.14. The van der Waals surface area contributed by atoms with Gasteiger partial charge in [0, 0.05) is 25.7 Å². The van der Waals surface area contributed by atoms with Crippen LogP contribution < -0.4 is 5.73 Å². The van der Waals surface area contributed by atoms with Gasteiger partial charge in [0.05, 0.1) is 6.54 Å². The van der Waals surface area contributed by atoms with Gasteiger partial charge in [-0.1, -0.05) is 6.42 Å². The fraction of sp³-hybridized carbons (Fsp3) is 0.833. The highest BCUT2D eigenvalue weighted by Gasteiger charge is 2.28. The largest absolute Gasteiger partial charge is 0.329 e. The first kappa shape index (κ1) is 12.5. The summed E-state index contributed by atoms with van der Waals surface area (Å²) in [6.45, 7) is 5.86. The molecule has 1 saturated heterocycles. The van der Waals surface area contributed by atoms with Crippen molar-refractivity contribution in [2.45, 2.75) is 51.7 Å². The molecular weight excluding hydrogens is 214 g/mol. The molecule has 2 heterocycles. The Labute approximate surface area is 103 Å². The van der Waals surface area contributed by atoms with Crippen molar-refractivity contribution in [1.82, 2.24) is 19.7 Å². The van der Waals surface area contributed by atoms with E-state index in [1.54, 1.807) is 0 Å². The molecule has 5 nitrogen and oxygen atoms in total. The molecule has 2 atom stereocenters. The van der Waals surface area contributed by atoms with E-state index in [9.17, 15) is 0 Å². The smallest absolute Gasteiger partial charge is 0.146 e. The summed E-state index contributed by atoms with van der Waals surface area (Å²) in [5.74, 6) is 2.00. The summed E-state index contributed by atoms with van der Waals surface area (Å²) in [6, 6.07) is 1.09. The van der Waals surface area contributed by atoms with Gasteiger partial charge in [-0.3, -0.25) is 4.90 Å². The number of rotatable bonds is 3. The molecule has 2 rings (SSSR count). The summed E-state index contributed by atoms with van der Waals surface area (Å²) in [5.41, 5.74) is 5.87. The van der Waals surface area contributed by atoms with Gasteiger partial charge in [0.15, 0.2) is 0 Å². The number of likely N-dealkylation sites (tertiary alicyclic amines) is 1. The minimum Gasteiger partial charge on any atom is -0.329 e. The summed E-state index contributed by atoms with van der Waals surface area (Å²) in [7, 11) is 2.02. The van der Waals surface area contributed by atoms with Crippen molar-refractivity contribution in [2.24, 2.45) is 12.8 Å². The molecule has 17 heavy (non-hydrogen) atoms. The topological polar surface area (TPSA) is 60.0 Å². The Morgan fingerprint density at radius 2 is 2.12 bits per heavy atom. The monoisotopic (exact) mass is 237 g/mol. The lowest BCUT2D eigenvalue weighted by Crippen LogP contribution is -2.48. The molecule has 0 saturated carbocycles. The van der Waals surface area contributed by atoms with Gasteiger partial charge in [-0.25, -0.2) is 0 Å². The zero-order valence-electron chi connectivity index (χ0n) is 11.1. The van der Waals surface area contributed by atoms with Crippen molar-refractivity contribution in [3.05, 3.63) is 11.6 Å². The Balaban J connectivity index is 2.12. The van der Waals surface area contributed by atoms with E-state index >= 15 is 0 Å². The Morgan fingerprint density at radius 3 is 2.71 bits per heavy atom. The number of nitrogens with two attached hydrogens (primary N) is 1. The van der Waals surface area contributed by atoms with Crippen molar-refractivity contribution >= 4 is 0 Å². The summed E-state index contributed by atoms with van der Waals surface area (Å²) < 4.78 is 2.06. The molecule has 1 fully saturated rings. The molecule has 1 aliphatic heterocycles. The molecular formula is C12H23N5. The molecule has 1 aromatic heterocycles. The third-order valence-corrected chi connectivity index (χ3v) is 3.97. The zero-order valence-corrected chi connectivity index (χ0v) is 11.1. The zero-order chi connectivity index (χ0) is 12.4. The summed E-state index contributed by atoms with van der Waals surface area (Å²) >= 11 is 0. The van der Waals surface area contributed by atoms with Gasteiger partial charge in [0.1, 0.15) is 11.6 Å². The number of hydrogen-bond donors (Lipinski definition) is 1. The normalized spacial score (nSPS) is 26.4. The van der Waals surface area contributed by atoms with Gasteiger partial charge in [-0.15, -0.1) is 10.2 Å². The highest BCUT2D eigenvalue weighted by Crippen LogP contribution is 2.23. The average molecular weight is 237 g/mol. The first-order chi connectivity index (χ1) is 8.13. The Bertz CT molecular complexity index is 373. The van der Waals surface area contributed by atoms with Gasteiger partial charge in [-0.05, 0) is 26.7 Å². The molecule has 1 aliphatic rings. The second-order valence-electron chi connectivity index (χ2n) is 5.06. The van der Waals surface area contributed by atoms with Crippen LogP contribution in [0.4, 0.5) is 0 Å². The van der Waals surface area contributed by atoms with E-state index in [4.69, 9.17) is 5.73 Å². The Kier molecular flexibility index (Phi) is 3.79. The van der Waals surface area contributed by atoms with Crippen molar-refractivity contribution in [2.75, 3.05) is 6.54 Å². The Morgan fingerprint density at radius 1 is 1.35 bits per heavy atom. The van der Waals surface area contributed by atoms with Gasteiger partial charge in [-0.2, -0.15) is 0 Å². The lowest BCUT2D eigenvalue weighted by Gasteiger charge is -2.39. The molecule has 0 aliphatic carbocycles. The van der Waals surface area contributed by atoms with Crippen LogP contribution in [-0.4, -0.2) is 38.3 Å². The number of aryl methyl sites for hydroxylation is 1. The second-order valence-corrected chi connectivity index (χ2v) is 5.06. The quantitative estimate of drug-likeness (QED) is 0.845. The van der Waals surface area contributed by atoms with Gasteiger partial charge in [0.25, 0.3) is 0 Å². The van der Waals surface area contributed by atoms with E-state index in [0.29, 0.717) is 12.1 Å². The third-order valence-electron chi connectivity index (χ3n) is 3.97. The van der Waals surface area contributed by atoms with Gasteiger partial charge < -0.3 is 10.3 Å². The van der Waals surface area contributed by atoms with Crippen molar-refractivity contribution in [1.29, 1.82) is 0 Å². The van der Waals surface area contributed by atoms with Crippen LogP contribution in [0.5, 0.6) is 0 Å². The van der Waals surface area contributed by atoms with Gasteiger partial charge in [0.2, 0.25) is 0 Å². The predicted octanol–water partition coefficient (Wildman–Crippen LogP) is 0.825. The fourth-order valence-corrected chi connectivity index (χ4v) is 2.63. The van der Waals surface area contributed by atoms with Crippen LogP contribution >= 0.6 is 0 Å². The highest BCUT2D eigenvalue weighted by molar-refractivity contribution is 4.95. The number of piperidine rings is 1. The number of hydrogen-bond acceptors (Lipinski definition) is 4. The minimum absolute atomic E-state index is 0.496. The van der Waals surface area contributed by atoms with Crippen LogP contribution in [0.2, 0.25) is 0 Å². The van der Waals surface area contributed by atoms with E-state index in [-0.39, 0.29) is 0 Å². The fourth-order valence-electron chi connectivity index (χ4n) is 2.63. The minimum atomic E-state index is 0.496. The van der Waals surface area contributed by atoms with E-state index in [2.05, 4.69) is 26.6 Å². The molecule has 0 amide bonds. The maximum Gasteiger partial charge on any atom is 0.146 e. The summed E-state index contributed by atoms with van der Waals surface area (Å²) in [5, 5.41) is 8.36. The van der Waals surface area contributed by atoms with E-state index in [1.165, 1.54) is 19.3 Å². The van der Waals surface area contributed by atoms with Crippen molar-refractivity contribution in [3.8, 4) is 0 Å². The third kappa shape index (κ3) is 2.50. The van der Waals surface area contributed by atoms with Gasteiger partial charge >= 0.3 is 0 Å². The molecule has 5 heteroatoms. The predicted molar refractivity (Wildman–Crippen MR) is 67.4 cm³/mol. The molecule has 1 aromatic rings. The standard InChI is InChI=1S/C12H23N5/c1-9-5-4-6-11(7-13)17(9)8-12-15-14-10(2)16(12)3/h9,11H,4-8,13H2,1-3H3. The van der Waals surface area contributed by atoms with Crippen LogP contribution in [0.3, 0.4) is 0 Å². The van der Waals surface area contributed by atoms with E-state index < -0.39 is 0 Å². The SMILES string of the molecule is Cc1nnc(CN2C(C)CCCC2CN)n1C. The van der Waals surface area contributed by atoms with Crippen LogP contribution in [0, 0.1) is 6.92 Å². The molecule has 0 bridgehead atoms. The molecule has 0 radical (unpaired) electrons. The first-order valence-electron chi connectivity index (χ1n) is 6.44. The number of aromatic nitrogens is 3. The maximum atomic E-state index is 5.87.